The van der Waals surface area contributed by atoms with Crippen molar-refractivity contribution in [2.75, 3.05) is 13.1 Å². The normalized spacial score (nSPS) is 30.8. The average Bonchev–Trinajstić information content (AvgIpc) is 2.27. The van der Waals surface area contributed by atoms with Gasteiger partial charge in [-0.3, -0.25) is 4.90 Å². The highest BCUT2D eigenvalue weighted by molar-refractivity contribution is 4.89. The SMILES string of the molecule is CCC1CN(C(C)C)C(C(C)CC)CN1. The van der Waals surface area contributed by atoms with Crippen LogP contribution < -0.4 is 5.32 Å². The van der Waals surface area contributed by atoms with E-state index in [-0.39, 0.29) is 0 Å². The third kappa shape index (κ3) is 3.18. The van der Waals surface area contributed by atoms with Crippen LogP contribution in [0.2, 0.25) is 0 Å². The lowest BCUT2D eigenvalue weighted by atomic mass is 9.93. The molecule has 2 heteroatoms. The Hall–Kier alpha value is -0.0800. The maximum Gasteiger partial charge on any atom is 0.0249 e. The van der Waals surface area contributed by atoms with E-state index in [4.69, 9.17) is 0 Å². The van der Waals surface area contributed by atoms with E-state index in [0.717, 1.165) is 12.0 Å². The second-order valence-corrected chi connectivity index (χ2v) is 5.26. The smallest absolute Gasteiger partial charge is 0.0249 e. The highest BCUT2D eigenvalue weighted by Crippen LogP contribution is 2.21. The first-order chi connectivity index (χ1) is 7.10. The molecule has 0 saturated carbocycles. The molecule has 3 unspecified atom stereocenters. The van der Waals surface area contributed by atoms with Gasteiger partial charge >= 0.3 is 0 Å². The van der Waals surface area contributed by atoms with Crippen molar-refractivity contribution in [3.63, 3.8) is 0 Å². The summed E-state index contributed by atoms with van der Waals surface area (Å²) in [5.41, 5.74) is 0. The highest BCUT2D eigenvalue weighted by Gasteiger charge is 2.31. The maximum absolute atomic E-state index is 3.68. The summed E-state index contributed by atoms with van der Waals surface area (Å²) < 4.78 is 0. The van der Waals surface area contributed by atoms with Crippen molar-refractivity contribution in [1.82, 2.24) is 10.2 Å². The van der Waals surface area contributed by atoms with Crippen molar-refractivity contribution >= 4 is 0 Å². The third-order valence-corrected chi connectivity index (χ3v) is 3.93. The van der Waals surface area contributed by atoms with E-state index in [2.05, 4.69) is 44.8 Å². The molecule has 0 bridgehead atoms. The molecular formula is C13H28N2. The lowest BCUT2D eigenvalue weighted by Gasteiger charge is -2.45. The average molecular weight is 212 g/mol. The molecule has 0 aromatic carbocycles. The van der Waals surface area contributed by atoms with E-state index >= 15 is 0 Å². The van der Waals surface area contributed by atoms with Gasteiger partial charge in [0.25, 0.3) is 0 Å². The maximum atomic E-state index is 3.68. The van der Waals surface area contributed by atoms with Gasteiger partial charge in [-0.15, -0.1) is 0 Å². The Balaban J connectivity index is 2.63. The van der Waals surface area contributed by atoms with Crippen LogP contribution in [0.1, 0.15) is 47.5 Å². The monoisotopic (exact) mass is 212 g/mol. The fourth-order valence-corrected chi connectivity index (χ4v) is 2.53. The van der Waals surface area contributed by atoms with Gasteiger partial charge in [-0.25, -0.2) is 0 Å². The Morgan fingerprint density at radius 3 is 2.40 bits per heavy atom. The molecule has 1 heterocycles. The molecule has 0 spiro atoms. The fourth-order valence-electron chi connectivity index (χ4n) is 2.53. The lowest BCUT2D eigenvalue weighted by Crippen LogP contribution is -2.60. The van der Waals surface area contributed by atoms with Crippen molar-refractivity contribution in [2.45, 2.75) is 65.6 Å². The summed E-state index contributed by atoms with van der Waals surface area (Å²) in [4.78, 5) is 2.69. The van der Waals surface area contributed by atoms with Crippen molar-refractivity contribution in [1.29, 1.82) is 0 Å². The summed E-state index contributed by atoms with van der Waals surface area (Å²) in [6.45, 7) is 14.0. The molecule has 1 fully saturated rings. The number of piperazine rings is 1. The van der Waals surface area contributed by atoms with Crippen molar-refractivity contribution in [3.05, 3.63) is 0 Å². The van der Waals surface area contributed by atoms with Crippen LogP contribution in [0.3, 0.4) is 0 Å². The molecule has 1 N–H and O–H groups in total. The molecule has 90 valence electrons. The van der Waals surface area contributed by atoms with E-state index in [1.807, 2.05) is 0 Å². The standard InChI is InChI=1S/C13H28N2/c1-6-11(5)13-8-14-12(7-2)9-15(13)10(3)4/h10-14H,6-9H2,1-5H3. The molecule has 0 aromatic rings. The minimum atomic E-state index is 0.681. The summed E-state index contributed by atoms with van der Waals surface area (Å²) in [6.07, 6.45) is 2.53. The van der Waals surface area contributed by atoms with Crippen LogP contribution in [-0.4, -0.2) is 36.1 Å². The topological polar surface area (TPSA) is 15.3 Å². The summed E-state index contributed by atoms with van der Waals surface area (Å²) in [5.74, 6) is 0.803. The van der Waals surface area contributed by atoms with Crippen LogP contribution in [0, 0.1) is 5.92 Å². The molecule has 15 heavy (non-hydrogen) atoms. The molecule has 1 aliphatic rings. The van der Waals surface area contributed by atoms with Gasteiger partial charge in [0.2, 0.25) is 0 Å². The molecule has 1 rings (SSSR count). The number of nitrogens with zero attached hydrogens (tertiary/aromatic N) is 1. The Morgan fingerprint density at radius 2 is 1.93 bits per heavy atom. The molecule has 3 atom stereocenters. The summed E-state index contributed by atoms with van der Waals surface area (Å²) in [7, 11) is 0. The van der Waals surface area contributed by atoms with Gasteiger partial charge < -0.3 is 5.32 Å². The van der Waals surface area contributed by atoms with Gasteiger partial charge in [0, 0.05) is 31.2 Å². The first-order valence-corrected chi connectivity index (χ1v) is 6.59. The number of nitrogens with one attached hydrogen (secondary N) is 1. The molecule has 0 aliphatic carbocycles. The van der Waals surface area contributed by atoms with Gasteiger partial charge in [0.05, 0.1) is 0 Å². The molecular weight excluding hydrogens is 184 g/mol. The molecule has 0 aromatic heterocycles. The van der Waals surface area contributed by atoms with Crippen LogP contribution in [-0.2, 0) is 0 Å². The Bertz CT molecular complexity index is 179. The van der Waals surface area contributed by atoms with Crippen LogP contribution in [0.15, 0.2) is 0 Å². The molecule has 1 aliphatic heterocycles. The predicted molar refractivity (Wildman–Crippen MR) is 67.2 cm³/mol. The molecule has 2 nitrogen and oxygen atoms in total. The van der Waals surface area contributed by atoms with Crippen LogP contribution in [0.4, 0.5) is 0 Å². The highest BCUT2D eigenvalue weighted by atomic mass is 15.3. The zero-order valence-electron chi connectivity index (χ0n) is 11.1. The van der Waals surface area contributed by atoms with Crippen molar-refractivity contribution < 1.29 is 0 Å². The minimum Gasteiger partial charge on any atom is -0.311 e. The third-order valence-electron chi connectivity index (χ3n) is 3.93. The van der Waals surface area contributed by atoms with Crippen molar-refractivity contribution in [2.24, 2.45) is 5.92 Å². The van der Waals surface area contributed by atoms with Crippen LogP contribution >= 0.6 is 0 Å². The zero-order chi connectivity index (χ0) is 11.4. The quantitative estimate of drug-likeness (QED) is 0.770. The van der Waals surface area contributed by atoms with Crippen LogP contribution in [0.25, 0.3) is 0 Å². The largest absolute Gasteiger partial charge is 0.311 e. The lowest BCUT2D eigenvalue weighted by molar-refractivity contribution is 0.0624. The zero-order valence-corrected chi connectivity index (χ0v) is 11.1. The van der Waals surface area contributed by atoms with Crippen molar-refractivity contribution in [3.8, 4) is 0 Å². The van der Waals surface area contributed by atoms with Gasteiger partial charge in [0.15, 0.2) is 0 Å². The van der Waals surface area contributed by atoms with E-state index < -0.39 is 0 Å². The Kier molecular flexibility index (Phi) is 5.07. The second kappa shape index (κ2) is 5.86. The number of rotatable bonds is 4. The van der Waals surface area contributed by atoms with Gasteiger partial charge in [-0.05, 0) is 26.2 Å². The summed E-state index contributed by atoms with van der Waals surface area (Å²) >= 11 is 0. The van der Waals surface area contributed by atoms with Crippen LogP contribution in [0.5, 0.6) is 0 Å². The predicted octanol–water partition coefficient (Wildman–Crippen LogP) is 2.49. The fraction of sp³-hybridized carbons (Fsp3) is 1.00. The van der Waals surface area contributed by atoms with E-state index in [9.17, 15) is 0 Å². The summed E-state index contributed by atoms with van der Waals surface area (Å²) in [5, 5.41) is 3.68. The first kappa shape index (κ1) is 13.0. The van der Waals surface area contributed by atoms with E-state index in [1.54, 1.807) is 0 Å². The Labute approximate surface area is 95.4 Å². The minimum absolute atomic E-state index is 0.681. The van der Waals surface area contributed by atoms with Gasteiger partial charge in [0.1, 0.15) is 0 Å². The van der Waals surface area contributed by atoms with E-state index in [0.29, 0.717) is 12.1 Å². The second-order valence-electron chi connectivity index (χ2n) is 5.26. The van der Waals surface area contributed by atoms with Gasteiger partial charge in [-0.1, -0.05) is 27.2 Å². The first-order valence-electron chi connectivity index (χ1n) is 6.59. The number of hydrogen-bond acceptors (Lipinski definition) is 2. The number of hydrogen-bond donors (Lipinski definition) is 1. The Morgan fingerprint density at radius 1 is 1.27 bits per heavy atom. The van der Waals surface area contributed by atoms with Gasteiger partial charge in [-0.2, -0.15) is 0 Å². The summed E-state index contributed by atoms with van der Waals surface area (Å²) in [6, 6.07) is 2.12. The molecule has 0 amide bonds. The molecule has 0 radical (unpaired) electrons. The van der Waals surface area contributed by atoms with E-state index in [1.165, 1.54) is 25.9 Å². The molecule has 1 saturated heterocycles.